The molecule has 1 N–H and O–H groups in total. The van der Waals surface area contributed by atoms with Gasteiger partial charge in [-0.2, -0.15) is 0 Å². The van der Waals surface area contributed by atoms with E-state index in [0.29, 0.717) is 0 Å². The second kappa shape index (κ2) is 6.32. The third-order valence-corrected chi connectivity index (χ3v) is 3.83. The standard InChI is InChI=1S/C15H14F2IN/c1-2-14(10-3-5-11(16)6-4-10)19-15-8-7-12(17)9-13(15)18/h3-9,14,19H,2H2,1H3. The van der Waals surface area contributed by atoms with Crippen LogP contribution >= 0.6 is 22.6 Å². The van der Waals surface area contributed by atoms with Crippen molar-refractivity contribution < 1.29 is 8.78 Å². The zero-order valence-electron chi connectivity index (χ0n) is 10.5. The highest BCUT2D eigenvalue weighted by Gasteiger charge is 2.11. The molecule has 2 aromatic carbocycles. The van der Waals surface area contributed by atoms with Crippen LogP contribution in [0.15, 0.2) is 42.5 Å². The van der Waals surface area contributed by atoms with Crippen LogP contribution in [-0.4, -0.2) is 0 Å². The van der Waals surface area contributed by atoms with Crippen molar-refractivity contribution in [1.82, 2.24) is 0 Å². The molecule has 1 nitrogen and oxygen atoms in total. The number of anilines is 1. The fourth-order valence-electron chi connectivity index (χ4n) is 1.91. The smallest absolute Gasteiger partial charge is 0.124 e. The van der Waals surface area contributed by atoms with E-state index in [4.69, 9.17) is 0 Å². The van der Waals surface area contributed by atoms with E-state index in [1.165, 1.54) is 24.3 Å². The largest absolute Gasteiger partial charge is 0.377 e. The van der Waals surface area contributed by atoms with Crippen molar-refractivity contribution in [3.63, 3.8) is 0 Å². The molecule has 0 radical (unpaired) electrons. The molecule has 100 valence electrons. The third kappa shape index (κ3) is 3.65. The van der Waals surface area contributed by atoms with Gasteiger partial charge in [-0.25, -0.2) is 8.78 Å². The highest BCUT2D eigenvalue weighted by molar-refractivity contribution is 14.1. The topological polar surface area (TPSA) is 12.0 Å². The van der Waals surface area contributed by atoms with Crippen LogP contribution in [0.2, 0.25) is 0 Å². The average molecular weight is 373 g/mol. The van der Waals surface area contributed by atoms with Gasteiger partial charge in [0.25, 0.3) is 0 Å². The fraction of sp³-hybridized carbons (Fsp3) is 0.200. The first-order valence-electron chi connectivity index (χ1n) is 6.07. The minimum atomic E-state index is -0.246. The Hall–Kier alpha value is -1.17. The number of hydrogen-bond donors (Lipinski definition) is 1. The van der Waals surface area contributed by atoms with Crippen LogP contribution in [0.1, 0.15) is 24.9 Å². The molecular weight excluding hydrogens is 359 g/mol. The van der Waals surface area contributed by atoms with Gasteiger partial charge in [0.05, 0.1) is 6.04 Å². The first-order valence-corrected chi connectivity index (χ1v) is 7.15. The maximum Gasteiger partial charge on any atom is 0.124 e. The van der Waals surface area contributed by atoms with Gasteiger partial charge >= 0.3 is 0 Å². The van der Waals surface area contributed by atoms with E-state index in [1.807, 2.05) is 0 Å². The maximum atomic E-state index is 13.1. The van der Waals surface area contributed by atoms with E-state index >= 15 is 0 Å². The summed E-state index contributed by atoms with van der Waals surface area (Å²) in [5.41, 5.74) is 1.90. The lowest BCUT2D eigenvalue weighted by molar-refractivity contribution is 0.624. The third-order valence-electron chi connectivity index (χ3n) is 2.94. The summed E-state index contributed by atoms with van der Waals surface area (Å²) in [5, 5.41) is 3.36. The molecule has 0 aliphatic heterocycles. The number of hydrogen-bond acceptors (Lipinski definition) is 1. The van der Waals surface area contributed by atoms with Gasteiger partial charge in [0.15, 0.2) is 0 Å². The van der Waals surface area contributed by atoms with Crippen molar-refractivity contribution in [3.05, 3.63) is 63.2 Å². The molecule has 0 bridgehead atoms. The summed E-state index contributed by atoms with van der Waals surface area (Å²) in [6.45, 7) is 2.05. The number of rotatable bonds is 4. The molecule has 0 saturated carbocycles. The summed E-state index contributed by atoms with van der Waals surface area (Å²) >= 11 is 2.10. The molecule has 0 saturated heterocycles. The predicted octanol–water partition coefficient (Wildman–Crippen LogP) is 5.13. The molecule has 2 aromatic rings. The Morgan fingerprint density at radius 2 is 1.68 bits per heavy atom. The zero-order valence-corrected chi connectivity index (χ0v) is 12.6. The Labute approximate surface area is 125 Å². The molecule has 0 aromatic heterocycles. The second-order valence-electron chi connectivity index (χ2n) is 4.28. The minimum Gasteiger partial charge on any atom is -0.377 e. The molecule has 0 heterocycles. The van der Waals surface area contributed by atoms with Gasteiger partial charge in [0.1, 0.15) is 11.6 Å². The van der Waals surface area contributed by atoms with Gasteiger partial charge in [-0.05, 0) is 64.9 Å². The van der Waals surface area contributed by atoms with E-state index in [9.17, 15) is 8.78 Å². The quantitative estimate of drug-likeness (QED) is 0.733. The Bertz CT molecular complexity index is 555. The molecule has 0 spiro atoms. The summed E-state index contributed by atoms with van der Waals surface area (Å²) in [7, 11) is 0. The van der Waals surface area contributed by atoms with Crippen LogP contribution in [0.25, 0.3) is 0 Å². The van der Waals surface area contributed by atoms with Crippen LogP contribution in [0.4, 0.5) is 14.5 Å². The SMILES string of the molecule is CCC(Nc1ccc(F)cc1I)c1ccc(F)cc1. The van der Waals surface area contributed by atoms with Gasteiger partial charge in [-0.1, -0.05) is 19.1 Å². The Morgan fingerprint density at radius 1 is 1.05 bits per heavy atom. The summed E-state index contributed by atoms with van der Waals surface area (Å²) in [5.74, 6) is -0.486. The highest BCUT2D eigenvalue weighted by Crippen LogP contribution is 2.26. The van der Waals surface area contributed by atoms with Crippen LogP contribution in [0.3, 0.4) is 0 Å². The lowest BCUT2D eigenvalue weighted by atomic mass is 10.0. The maximum absolute atomic E-state index is 13.1. The van der Waals surface area contributed by atoms with E-state index in [2.05, 4.69) is 34.8 Å². The molecule has 1 unspecified atom stereocenters. The molecule has 0 fully saturated rings. The molecule has 0 amide bonds. The normalized spacial score (nSPS) is 12.2. The van der Waals surface area contributed by atoms with Crippen molar-refractivity contribution in [3.8, 4) is 0 Å². The minimum absolute atomic E-state index is 0.0829. The molecule has 0 aliphatic rings. The predicted molar refractivity (Wildman–Crippen MR) is 82.2 cm³/mol. The second-order valence-corrected chi connectivity index (χ2v) is 5.44. The van der Waals surface area contributed by atoms with Gasteiger partial charge in [-0.15, -0.1) is 0 Å². The molecular formula is C15H14F2IN. The lowest BCUT2D eigenvalue weighted by Crippen LogP contribution is -2.10. The zero-order chi connectivity index (χ0) is 13.8. The van der Waals surface area contributed by atoms with Crippen LogP contribution < -0.4 is 5.32 Å². The molecule has 19 heavy (non-hydrogen) atoms. The van der Waals surface area contributed by atoms with Crippen molar-refractivity contribution in [2.24, 2.45) is 0 Å². The molecule has 1 atom stereocenters. The van der Waals surface area contributed by atoms with Crippen LogP contribution in [-0.2, 0) is 0 Å². The van der Waals surface area contributed by atoms with E-state index in [0.717, 1.165) is 21.2 Å². The van der Waals surface area contributed by atoms with Crippen molar-refractivity contribution >= 4 is 28.3 Å². The summed E-state index contributed by atoms with van der Waals surface area (Å²) in [6, 6.07) is 11.2. The van der Waals surface area contributed by atoms with Crippen LogP contribution in [0.5, 0.6) is 0 Å². The summed E-state index contributed by atoms with van der Waals surface area (Å²) < 4.78 is 26.8. The summed E-state index contributed by atoms with van der Waals surface area (Å²) in [4.78, 5) is 0. The molecule has 0 aliphatic carbocycles. The fourth-order valence-corrected chi connectivity index (χ4v) is 2.54. The van der Waals surface area contributed by atoms with E-state index in [1.54, 1.807) is 18.2 Å². The van der Waals surface area contributed by atoms with Gasteiger partial charge in [-0.3, -0.25) is 0 Å². The summed E-state index contributed by atoms with van der Waals surface area (Å²) in [6.07, 6.45) is 0.860. The lowest BCUT2D eigenvalue weighted by Gasteiger charge is -2.19. The van der Waals surface area contributed by atoms with E-state index in [-0.39, 0.29) is 17.7 Å². The van der Waals surface area contributed by atoms with Crippen LogP contribution in [0, 0.1) is 15.2 Å². The molecule has 4 heteroatoms. The van der Waals surface area contributed by atoms with Gasteiger partial charge in [0, 0.05) is 9.26 Å². The number of nitrogens with one attached hydrogen (secondary N) is 1. The number of benzene rings is 2. The van der Waals surface area contributed by atoms with Gasteiger partial charge < -0.3 is 5.32 Å². The average Bonchev–Trinajstić information content (AvgIpc) is 2.39. The number of halogens is 3. The Kier molecular flexibility index (Phi) is 4.74. The van der Waals surface area contributed by atoms with Crippen molar-refractivity contribution in [2.45, 2.75) is 19.4 Å². The van der Waals surface area contributed by atoms with E-state index < -0.39 is 0 Å². The van der Waals surface area contributed by atoms with Crippen molar-refractivity contribution in [1.29, 1.82) is 0 Å². The monoisotopic (exact) mass is 373 g/mol. The Balaban J connectivity index is 2.21. The first-order chi connectivity index (χ1) is 9.10. The first kappa shape index (κ1) is 14.2. The molecule has 2 rings (SSSR count). The van der Waals surface area contributed by atoms with Crippen molar-refractivity contribution in [2.75, 3.05) is 5.32 Å². The highest BCUT2D eigenvalue weighted by atomic mass is 127. The Morgan fingerprint density at radius 3 is 2.26 bits per heavy atom. The van der Waals surface area contributed by atoms with Gasteiger partial charge in [0.2, 0.25) is 0 Å².